The molecule has 0 aromatic heterocycles. The number of unbranched alkanes of at least 4 members (excludes halogenated alkanes) is 3. The Morgan fingerprint density at radius 2 is 2.04 bits per heavy atom. The summed E-state index contributed by atoms with van der Waals surface area (Å²) >= 11 is 1.61. The van der Waals surface area contributed by atoms with Gasteiger partial charge in [0, 0.05) is 10.8 Å². The van der Waals surface area contributed by atoms with E-state index in [0.29, 0.717) is 6.42 Å². The molecule has 126 valence electrons. The van der Waals surface area contributed by atoms with Crippen LogP contribution >= 0.6 is 11.8 Å². The summed E-state index contributed by atoms with van der Waals surface area (Å²) in [5.41, 5.74) is 2.80. The highest BCUT2D eigenvalue weighted by atomic mass is 32.2. The van der Waals surface area contributed by atoms with Crippen LogP contribution in [0.4, 0.5) is 0 Å². The topological polar surface area (TPSA) is 49.4 Å². The number of amides is 2. The highest BCUT2D eigenvalue weighted by Gasteiger charge is 2.38. The first-order chi connectivity index (χ1) is 11.1. The summed E-state index contributed by atoms with van der Waals surface area (Å²) in [5.74, 6) is -0.110. The van der Waals surface area contributed by atoms with Gasteiger partial charge in [-0.3, -0.25) is 15.0 Å². The quantitative estimate of drug-likeness (QED) is 0.549. The van der Waals surface area contributed by atoms with Gasteiger partial charge < -0.3 is 0 Å². The number of β-lactam (4-membered cyclic amide) rings is 1. The van der Waals surface area contributed by atoms with E-state index in [1.165, 1.54) is 24.3 Å². The highest BCUT2D eigenvalue weighted by molar-refractivity contribution is 8.00. The number of hydrazine groups is 1. The molecule has 1 aromatic carbocycles. The Morgan fingerprint density at radius 1 is 1.30 bits per heavy atom. The summed E-state index contributed by atoms with van der Waals surface area (Å²) in [4.78, 5) is 25.1. The predicted molar refractivity (Wildman–Crippen MR) is 93.6 cm³/mol. The molecule has 0 aliphatic carbocycles. The van der Waals surface area contributed by atoms with Crippen LogP contribution in [0, 0.1) is 5.92 Å². The van der Waals surface area contributed by atoms with Crippen LogP contribution in [0.25, 0.3) is 0 Å². The van der Waals surface area contributed by atoms with Gasteiger partial charge in [0.1, 0.15) is 5.37 Å². The molecule has 1 aliphatic rings. The van der Waals surface area contributed by atoms with E-state index < -0.39 is 0 Å². The van der Waals surface area contributed by atoms with E-state index in [1.807, 2.05) is 37.3 Å². The van der Waals surface area contributed by atoms with E-state index in [2.05, 4.69) is 12.3 Å². The summed E-state index contributed by atoms with van der Waals surface area (Å²) in [6, 6.07) is 9.96. The summed E-state index contributed by atoms with van der Waals surface area (Å²) in [6.07, 6.45) is 6.01. The molecule has 5 heteroatoms. The Morgan fingerprint density at radius 3 is 2.70 bits per heavy atom. The van der Waals surface area contributed by atoms with Crippen molar-refractivity contribution in [3.05, 3.63) is 30.3 Å². The molecule has 1 fully saturated rings. The Hall–Kier alpha value is -1.49. The van der Waals surface area contributed by atoms with E-state index in [9.17, 15) is 9.59 Å². The van der Waals surface area contributed by atoms with Crippen LogP contribution in [0.1, 0.15) is 52.4 Å². The third kappa shape index (κ3) is 5.27. The van der Waals surface area contributed by atoms with Crippen LogP contribution in [-0.4, -0.2) is 22.2 Å². The van der Waals surface area contributed by atoms with E-state index in [0.717, 1.165) is 17.7 Å². The predicted octanol–water partition coefficient (Wildman–Crippen LogP) is 3.97. The molecule has 4 nitrogen and oxygen atoms in total. The van der Waals surface area contributed by atoms with Gasteiger partial charge in [-0.2, -0.15) is 0 Å². The maximum absolute atomic E-state index is 12.2. The minimum Gasteiger partial charge on any atom is -0.273 e. The largest absolute Gasteiger partial charge is 0.273 e. The molecule has 1 aliphatic heterocycles. The number of rotatable bonds is 9. The van der Waals surface area contributed by atoms with Crippen molar-refractivity contribution in [3.63, 3.8) is 0 Å². The van der Waals surface area contributed by atoms with E-state index in [-0.39, 0.29) is 23.1 Å². The van der Waals surface area contributed by atoms with Gasteiger partial charge >= 0.3 is 0 Å². The molecule has 1 saturated heterocycles. The van der Waals surface area contributed by atoms with Gasteiger partial charge in [0.2, 0.25) is 11.8 Å². The van der Waals surface area contributed by atoms with Crippen molar-refractivity contribution >= 4 is 23.6 Å². The van der Waals surface area contributed by atoms with E-state index in [4.69, 9.17) is 0 Å². The van der Waals surface area contributed by atoms with Crippen molar-refractivity contribution < 1.29 is 9.59 Å². The molecule has 1 N–H and O–H groups in total. The minimum atomic E-state index is -0.0531. The summed E-state index contributed by atoms with van der Waals surface area (Å²) in [7, 11) is 0. The lowest BCUT2D eigenvalue weighted by Gasteiger charge is -2.39. The van der Waals surface area contributed by atoms with Gasteiger partial charge in [-0.1, -0.05) is 69.5 Å². The van der Waals surface area contributed by atoms with Gasteiger partial charge in [0.25, 0.3) is 0 Å². The molecule has 23 heavy (non-hydrogen) atoms. The van der Waals surface area contributed by atoms with Crippen molar-refractivity contribution in [1.82, 2.24) is 10.4 Å². The fourth-order valence-electron chi connectivity index (χ4n) is 2.51. The first-order valence-corrected chi connectivity index (χ1v) is 9.34. The SMILES string of the molecule is CCCCCCC(C)C(=O)NN1C(=O)CC1Sc1ccccc1. The van der Waals surface area contributed by atoms with E-state index >= 15 is 0 Å². The van der Waals surface area contributed by atoms with Crippen LogP contribution < -0.4 is 5.43 Å². The molecular formula is C18H26N2O2S. The second-order valence-electron chi connectivity index (χ2n) is 6.08. The lowest BCUT2D eigenvalue weighted by molar-refractivity contribution is -0.153. The standard InChI is InChI=1S/C18H26N2O2S/c1-3-4-5-7-10-14(2)18(22)19-20-16(21)13-17(20)23-15-11-8-6-9-12-15/h6,8-9,11-12,14,17H,3-5,7,10,13H2,1-2H3,(H,19,22). The molecule has 0 radical (unpaired) electrons. The van der Waals surface area contributed by atoms with Gasteiger partial charge in [-0.05, 0) is 18.6 Å². The van der Waals surface area contributed by atoms with Gasteiger partial charge in [0.15, 0.2) is 0 Å². The van der Waals surface area contributed by atoms with Crippen LogP contribution in [0.3, 0.4) is 0 Å². The molecule has 0 bridgehead atoms. The van der Waals surface area contributed by atoms with Gasteiger partial charge in [0.05, 0.1) is 6.42 Å². The molecular weight excluding hydrogens is 308 g/mol. The summed E-state index contributed by atoms with van der Waals surface area (Å²) in [6.45, 7) is 4.11. The van der Waals surface area contributed by atoms with Crippen LogP contribution in [-0.2, 0) is 9.59 Å². The number of nitrogens with zero attached hydrogens (tertiary/aromatic N) is 1. The van der Waals surface area contributed by atoms with Gasteiger partial charge in [-0.25, -0.2) is 5.01 Å². The Labute approximate surface area is 143 Å². The zero-order chi connectivity index (χ0) is 16.7. The van der Waals surface area contributed by atoms with Crippen molar-refractivity contribution in [2.45, 2.75) is 62.6 Å². The third-order valence-corrected chi connectivity index (χ3v) is 5.28. The van der Waals surface area contributed by atoms with Crippen molar-refractivity contribution in [3.8, 4) is 0 Å². The lowest BCUT2D eigenvalue weighted by atomic mass is 10.0. The lowest BCUT2D eigenvalue weighted by Crippen LogP contribution is -2.60. The van der Waals surface area contributed by atoms with E-state index in [1.54, 1.807) is 11.8 Å². The monoisotopic (exact) mass is 334 g/mol. The highest BCUT2D eigenvalue weighted by Crippen LogP contribution is 2.33. The van der Waals surface area contributed by atoms with Crippen molar-refractivity contribution in [1.29, 1.82) is 0 Å². The van der Waals surface area contributed by atoms with Crippen LogP contribution in [0.15, 0.2) is 35.2 Å². The number of nitrogens with one attached hydrogen (secondary N) is 1. The Bertz CT molecular complexity index is 521. The Kier molecular flexibility index (Phi) is 6.96. The number of hydrogen-bond acceptors (Lipinski definition) is 3. The molecule has 2 amide bonds. The maximum Gasteiger partial charge on any atom is 0.245 e. The number of benzene rings is 1. The van der Waals surface area contributed by atoms with Crippen LogP contribution in [0.5, 0.6) is 0 Å². The fourth-order valence-corrected chi connectivity index (χ4v) is 3.64. The molecule has 2 atom stereocenters. The third-order valence-electron chi connectivity index (χ3n) is 4.09. The number of carbonyl (C=O) groups is 2. The molecule has 2 rings (SSSR count). The maximum atomic E-state index is 12.2. The zero-order valence-corrected chi connectivity index (χ0v) is 14.8. The second kappa shape index (κ2) is 8.96. The molecule has 0 saturated carbocycles. The first-order valence-electron chi connectivity index (χ1n) is 8.46. The number of hydrogen-bond donors (Lipinski definition) is 1. The minimum absolute atomic E-state index is 0.00106. The smallest absolute Gasteiger partial charge is 0.245 e. The molecule has 0 spiro atoms. The van der Waals surface area contributed by atoms with Crippen LogP contribution in [0.2, 0.25) is 0 Å². The Balaban J connectivity index is 1.78. The molecule has 1 heterocycles. The summed E-state index contributed by atoms with van der Waals surface area (Å²) in [5, 5.41) is 1.49. The first kappa shape index (κ1) is 17.9. The normalized spacial score (nSPS) is 18.4. The average molecular weight is 334 g/mol. The second-order valence-corrected chi connectivity index (χ2v) is 7.33. The fraction of sp³-hybridized carbons (Fsp3) is 0.556. The molecule has 2 unspecified atom stereocenters. The van der Waals surface area contributed by atoms with Gasteiger partial charge in [-0.15, -0.1) is 0 Å². The number of thioether (sulfide) groups is 1. The zero-order valence-electron chi connectivity index (χ0n) is 14.0. The van der Waals surface area contributed by atoms with Crippen molar-refractivity contribution in [2.75, 3.05) is 0 Å². The van der Waals surface area contributed by atoms with Crippen molar-refractivity contribution in [2.24, 2.45) is 5.92 Å². The number of carbonyl (C=O) groups excluding carboxylic acids is 2. The average Bonchev–Trinajstić information content (AvgIpc) is 2.56. The summed E-state index contributed by atoms with van der Waals surface area (Å²) < 4.78 is 0. The molecule has 1 aromatic rings.